The fraction of sp³-hybridized carbons (Fsp3) is 0.500. The Kier molecular flexibility index (Phi) is 7.02. The smallest absolute Gasteiger partial charge is 0.194 e. The van der Waals surface area contributed by atoms with Gasteiger partial charge >= 0.3 is 0 Å². The van der Waals surface area contributed by atoms with Crippen molar-refractivity contribution in [2.75, 3.05) is 14.1 Å². The Morgan fingerprint density at radius 2 is 2.29 bits per heavy atom. The molecule has 0 amide bonds. The summed E-state index contributed by atoms with van der Waals surface area (Å²) in [5.41, 5.74) is 1.05. The zero-order valence-corrected chi connectivity index (χ0v) is 15.7. The molecule has 2 aromatic rings. The van der Waals surface area contributed by atoms with Crippen LogP contribution in [-0.4, -0.2) is 44.7 Å². The minimum Gasteiger partial charge on any atom is -0.349 e. The number of halogens is 1. The molecule has 1 N–H and O–H groups in total. The molecule has 0 spiro atoms. The van der Waals surface area contributed by atoms with Crippen molar-refractivity contribution in [3.05, 3.63) is 28.2 Å². The second kappa shape index (κ2) is 8.27. The number of hydrogen-bond acceptors (Lipinski definition) is 5. The van der Waals surface area contributed by atoms with Crippen LogP contribution in [0.5, 0.6) is 0 Å². The summed E-state index contributed by atoms with van der Waals surface area (Å²) in [5, 5.41) is 14.3. The summed E-state index contributed by atoms with van der Waals surface area (Å²) in [6.45, 7) is 3.32. The number of guanidine groups is 1. The maximum absolute atomic E-state index is 4.46. The average Bonchev–Trinajstić information content (AvgIpc) is 3.00. The second-order valence-electron chi connectivity index (χ2n) is 4.47. The van der Waals surface area contributed by atoms with Crippen molar-refractivity contribution in [3.63, 3.8) is 0 Å². The number of thiazole rings is 1. The zero-order valence-electron chi connectivity index (χ0n) is 12.6. The lowest BCUT2D eigenvalue weighted by Gasteiger charge is -2.20. The van der Waals surface area contributed by atoms with Gasteiger partial charge in [0.1, 0.15) is 6.33 Å². The molecule has 2 rings (SSSR count). The zero-order chi connectivity index (χ0) is 14.5. The van der Waals surface area contributed by atoms with Crippen LogP contribution in [0.15, 0.2) is 16.7 Å². The van der Waals surface area contributed by atoms with Crippen molar-refractivity contribution < 1.29 is 0 Å². The first-order chi connectivity index (χ1) is 9.60. The molecular weight excluding hydrogens is 401 g/mol. The van der Waals surface area contributed by atoms with E-state index < -0.39 is 0 Å². The molecule has 0 saturated carbocycles. The van der Waals surface area contributed by atoms with Crippen LogP contribution >= 0.6 is 35.3 Å². The third-order valence-corrected chi connectivity index (χ3v) is 3.67. The van der Waals surface area contributed by atoms with Crippen LogP contribution in [0, 0.1) is 6.92 Å². The predicted molar refractivity (Wildman–Crippen MR) is 94.9 cm³/mol. The molecule has 2 aromatic heterocycles. The molecule has 7 nitrogen and oxygen atoms in total. The number of hydrogen-bond donors (Lipinski definition) is 1. The molecule has 0 bridgehead atoms. The molecule has 0 aliphatic heterocycles. The van der Waals surface area contributed by atoms with E-state index in [1.165, 1.54) is 0 Å². The quantitative estimate of drug-likeness (QED) is 0.459. The van der Waals surface area contributed by atoms with Gasteiger partial charge in [-0.2, -0.15) is 0 Å². The summed E-state index contributed by atoms with van der Waals surface area (Å²) in [6, 6.07) is 0. The van der Waals surface area contributed by atoms with Gasteiger partial charge in [-0.25, -0.2) is 4.98 Å². The molecule has 0 atom stereocenters. The summed E-state index contributed by atoms with van der Waals surface area (Å²) in [4.78, 5) is 10.8. The minimum absolute atomic E-state index is 0. The van der Waals surface area contributed by atoms with Crippen molar-refractivity contribution in [2.24, 2.45) is 12.0 Å². The van der Waals surface area contributed by atoms with Gasteiger partial charge in [0.15, 0.2) is 11.8 Å². The van der Waals surface area contributed by atoms with Gasteiger partial charge in [0, 0.05) is 26.5 Å². The lowest BCUT2D eigenvalue weighted by Crippen LogP contribution is -2.38. The molecule has 0 aliphatic carbocycles. The summed E-state index contributed by atoms with van der Waals surface area (Å²) in [6.07, 6.45) is 1.68. The summed E-state index contributed by atoms with van der Waals surface area (Å²) in [5.74, 6) is 1.67. The number of aliphatic imine (C=N–C) groups is 1. The van der Waals surface area contributed by atoms with E-state index in [1.54, 1.807) is 24.7 Å². The lowest BCUT2D eigenvalue weighted by molar-refractivity contribution is 0.468. The third-order valence-electron chi connectivity index (χ3n) is 2.85. The predicted octanol–water partition coefficient (Wildman–Crippen LogP) is 1.41. The molecule has 116 valence electrons. The molecule has 0 aliphatic rings. The van der Waals surface area contributed by atoms with Gasteiger partial charge in [0.2, 0.25) is 0 Å². The highest BCUT2D eigenvalue weighted by Crippen LogP contribution is 2.09. The number of rotatable bonds is 4. The van der Waals surface area contributed by atoms with Crippen LogP contribution < -0.4 is 5.32 Å². The Labute approximate surface area is 145 Å². The molecule has 9 heteroatoms. The van der Waals surface area contributed by atoms with Crippen LogP contribution in [0.2, 0.25) is 0 Å². The minimum atomic E-state index is 0. The van der Waals surface area contributed by atoms with Crippen LogP contribution in [-0.2, 0) is 20.1 Å². The van der Waals surface area contributed by atoms with Gasteiger partial charge in [-0.15, -0.1) is 45.5 Å². The largest absolute Gasteiger partial charge is 0.349 e. The summed E-state index contributed by atoms with van der Waals surface area (Å²) in [7, 11) is 5.67. The van der Waals surface area contributed by atoms with Crippen LogP contribution in [0.25, 0.3) is 0 Å². The van der Waals surface area contributed by atoms with E-state index in [1.807, 2.05) is 30.5 Å². The normalized spacial score (nSPS) is 11.1. The maximum Gasteiger partial charge on any atom is 0.194 e. The molecule has 0 aromatic carbocycles. The SMILES string of the molecule is CN=C(NCc1nncn1C)N(C)Cc1csc(C)n1.I. The highest BCUT2D eigenvalue weighted by molar-refractivity contribution is 14.0. The van der Waals surface area contributed by atoms with Crippen molar-refractivity contribution in [1.29, 1.82) is 0 Å². The van der Waals surface area contributed by atoms with E-state index in [0.29, 0.717) is 6.54 Å². The van der Waals surface area contributed by atoms with Crippen molar-refractivity contribution in [1.82, 2.24) is 30.0 Å². The maximum atomic E-state index is 4.46. The fourth-order valence-corrected chi connectivity index (χ4v) is 2.41. The van der Waals surface area contributed by atoms with Gasteiger partial charge in [0.05, 0.1) is 23.8 Å². The number of nitrogens with one attached hydrogen (secondary N) is 1. The first kappa shape index (κ1) is 17.8. The molecule has 0 unspecified atom stereocenters. The van der Waals surface area contributed by atoms with Crippen LogP contribution in [0.1, 0.15) is 16.5 Å². The summed E-state index contributed by atoms with van der Waals surface area (Å²) < 4.78 is 1.88. The standard InChI is InChI=1S/C12H19N7S.HI/c1-9-16-10(7-20-9)6-18(3)12(13-2)14-5-11-17-15-8-19(11)4;/h7-8H,5-6H2,1-4H3,(H,13,14);1H. The number of aromatic nitrogens is 4. The van der Waals surface area contributed by atoms with Crippen LogP contribution in [0.4, 0.5) is 0 Å². The van der Waals surface area contributed by atoms with E-state index in [-0.39, 0.29) is 24.0 Å². The van der Waals surface area contributed by atoms with Gasteiger partial charge < -0.3 is 14.8 Å². The van der Waals surface area contributed by atoms with Crippen molar-refractivity contribution in [3.8, 4) is 0 Å². The number of nitrogens with zero attached hydrogens (tertiary/aromatic N) is 6. The Balaban J connectivity index is 0.00000220. The molecule has 0 saturated heterocycles. The Morgan fingerprint density at radius 1 is 1.52 bits per heavy atom. The average molecular weight is 421 g/mol. The van der Waals surface area contributed by atoms with Crippen LogP contribution in [0.3, 0.4) is 0 Å². The Bertz CT molecular complexity index is 592. The number of aryl methyl sites for hydroxylation is 2. The first-order valence-corrected chi connectivity index (χ1v) is 7.13. The molecule has 0 fully saturated rings. The lowest BCUT2D eigenvalue weighted by atomic mass is 10.4. The van der Waals surface area contributed by atoms with Gasteiger partial charge in [-0.3, -0.25) is 4.99 Å². The van der Waals surface area contributed by atoms with Gasteiger partial charge in [0.25, 0.3) is 0 Å². The first-order valence-electron chi connectivity index (χ1n) is 6.26. The second-order valence-corrected chi connectivity index (χ2v) is 5.53. The fourth-order valence-electron chi connectivity index (χ4n) is 1.81. The monoisotopic (exact) mass is 421 g/mol. The van der Waals surface area contributed by atoms with E-state index >= 15 is 0 Å². The Morgan fingerprint density at radius 3 is 2.81 bits per heavy atom. The molecule has 21 heavy (non-hydrogen) atoms. The van der Waals surface area contributed by atoms with Crippen molar-refractivity contribution in [2.45, 2.75) is 20.0 Å². The molecule has 2 heterocycles. The third kappa shape index (κ3) is 4.92. The highest BCUT2D eigenvalue weighted by atomic mass is 127. The van der Waals surface area contributed by atoms with Gasteiger partial charge in [-0.1, -0.05) is 0 Å². The Hall–Kier alpha value is -1.23. The summed E-state index contributed by atoms with van der Waals surface area (Å²) >= 11 is 1.66. The topological polar surface area (TPSA) is 71.2 Å². The van der Waals surface area contributed by atoms with E-state index in [0.717, 1.165) is 29.0 Å². The van der Waals surface area contributed by atoms with Gasteiger partial charge in [-0.05, 0) is 6.92 Å². The van der Waals surface area contributed by atoms with Crippen molar-refractivity contribution >= 4 is 41.3 Å². The molecular formula is C12H20IN7S. The highest BCUT2D eigenvalue weighted by Gasteiger charge is 2.09. The van der Waals surface area contributed by atoms with E-state index in [4.69, 9.17) is 0 Å². The molecule has 0 radical (unpaired) electrons. The van der Waals surface area contributed by atoms with E-state index in [9.17, 15) is 0 Å². The van der Waals surface area contributed by atoms with E-state index in [2.05, 4.69) is 30.9 Å².